The molecule has 0 radical (unpaired) electrons. The molecule has 3 heteroatoms. The first-order valence-electron chi connectivity index (χ1n) is 5.45. The van der Waals surface area contributed by atoms with E-state index in [1.165, 1.54) is 6.42 Å². The Labute approximate surface area is 84.9 Å². The number of rotatable bonds is 3. The van der Waals surface area contributed by atoms with Crippen molar-refractivity contribution in [3.8, 4) is 0 Å². The number of nitrogens with one attached hydrogen (secondary N) is 1. The molecule has 3 nitrogen and oxygen atoms in total. The van der Waals surface area contributed by atoms with Gasteiger partial charge in [-0.2, -0.15) is 0 Å². The van der Waals surface area contributed by atoms with Gasteiger partial charge in [-0.05, 0) is 38.8 Å². The van der Waals surface area contributed by atoms with Crippen LogP contribution in [0.1, 0.15) is 30.7 Å². The summed E-state index contributed by atoms with van der Waals surface area (Å²) < 4.78 is 5.63. The van der Waals surface area contributed by atoms with Gasteiger partial charge in [0.15, 0.2) is 5.89 Å². The topological polar surface area (TPSA) is 38.1 Å². The van der Waals surface area contributed by atoms with Crippen molar-refractivity contribution < 1.29 is 4.42 Å². The summed E-state index contributed by atoms with van der Waals surface area (Å²) in [6.45, 7) is 6.38. The molecule has 0 bridgehead atoms. The van der Waals surface area contributed by atoms with Gasteiger partial charge in [-0.1, -0.05) is 6.92 Å². The number of aromatic nitrogens is 1. The first-order valence-corrected chi connectivity index (χ1v) is 5.45. The molecule has 78 valence electrons. The van der Waals surface area contributed by atoms with Gasteiger partial charge in [-0.15, -0.1) is 0 Å². The van der Waals surface area contributed by atoms with E-state index in [2.05, 4.69) is 17.2 Å². The number of hydrogen-bond acceptors (Lipinski definition) is 3. The normalized spacial score (nSPS) is 21.7. The molecule has 0 aliphatic carbocycles. The van der Waals surface area contributed by atoms with Gasteiger partial charge in [0.1, 0.15) is 5.76 Å². The Hall–Kier alpha value is -0.830. The van der Waals surface area contributed by atoms with Gasteiger partial charge < -0.3 is 9.73 Å². The quantitative estimate of drug-likeness (QED) is 0.795. The minimum absolute atomic E-state index is 0.720. The number of hydrogen-bond donors (Lipinski definition) is 1. The van der Waals surface area contributed by atoms with Crippen molar-refractivity contribution in [1.29, 1.82) is 0 Å². The van der Waals surface area contributed by atoms with E-state index < -0.39 is 0 Å². The second kappa shape index (κ2) is 4.13. The molecule has 0 aromatic carbocycles. The van der Waals surface area contributed by atoms with Crippen molar-refractivity contribution >= 4 is 0 Å². The summed E-state index contributed by atoms with van der Waals surface area (Å²) in [5.41, 5.74) is 1.12. The van der Waals surface area contributed by atoms with Crippen molar-refractivity contribution in [1.82, 2.24) is 10.3 Å². The molecule has 2 rings (SSSR count). The predicted octanol–water partition coefficient (Wildman–Crippen LogP) is 1.70. The maximum absolute atomic E-state index is 5.63. The smallest absolute Gasteiger partial charge is 0.194 e. The molecule has 1 aliphatic rings. The van der Waals surface area contributed by atoms with Gasteiger partial charge in [0, 0.05) is 6.42 Å². The fraction of sp³-hybridized carbons (Fsp3) is 0.727. The van der Waals surface area contributed by atoms with Gasteiger partial charge in [0.05, 0.1) is 5.69 Å². The van der Waals surface area contributed by atoms with E-state index in [0.29, 0.717) is 0 Å². The van der Waals surface area contributed by atoms with Gasteiger partial charge in [-0.25, -0.2) is 4.98 Å². The number of aryl methyl sites for hydroxylation is 2. The maximum atomic E-state index is 5.63. The van der Waals surface area contributed by atoms with Crippen LogP contribution in [0.5, 0.6) is 0 Å². The molecule has 1 unspecified atom stereocenters. The summed E-state index contributed by atoms with van der Waals surface area (Å²) in [7, 11) is 0. The highest BCUT2D eigenvalue weighted by molar-refractivity contribution is 5.08. The second-order valence-electron chi connectivity index (χ2n) is 4.03. The Morgan fingerprint density at radius 2 is 2.43 bits per heavy atom. The van der Waals surface area contributed by atoms with E-state index in [0.717, 1.165) is 49.2 Å². The van der Waals surface area contributed by atoms with Crippen LogP contribution in [-0.2, 0) is 12.8 Å². The molecule has 1 fully saturated rings. The summed E-state index contributed by atoms with van der Waals surface area (Å²) in [6.07, 6.45) is 3.22. The van der Waals surface area contributed by atoms with E-state index in [9.17, 15) is 0 Å². The largest absolute Gasteiger partial charge is 0.446 e. The van der Waals surface area contributed by atoms with Crippen LogP contribution >= 0.6 is 0 Å². The van der Waals surface area contributed by atoms with Gasteiger partial charge >= 0.3 is 0 Å². The van der Waals surface area contributed by atoms with Crippen LogP contribution in [0.4, 0.5) is 0 Å². The van der Waals surface area contributed by atoms with Crippen molar-refractivity contribution in [2.75, 3.05) is 13.1 Å². The molecule has 14 heavy (non-hydrogen) atoms. The molecule has 1 aliphatic heterocycles. The summed E-state index contributed by atoms with van der Waals surface area (Å²) in [5, 5.41) is 3.36. The second-order valence-corrected chi connectivity index (χ2v) is 4.03. The predicted molar refractivity (Wildman–Crippen MR) is 55.3 cm³/mol. The number of oxazole rings is 1. The lowest BCUT2D eigenvalue weighted by Gasteiger charge is -2.02. The van der Waals surface area contributed by atoms with Crippen LogP contribution < -0.4 is 5.32 Å². The highest BCUT2D eigenvalue weighted by Gasteiger charge is 2.18. The van der Waals surface area contributed by atoms with Gasteiger partial charge in [0.2, 0.25) is 0 Å². The molecule has 0 amide bonds. The Kier molecular flexibility index (Phi) is 2.87. The maximum Gasteiger partial charge on any atom is 0.194 e. The van der Waals surface area contributed by atoms with Crippen molar-refractivity contribution in [2.45, 2.75) is 33.1 Å². The zero-order valence-corrected chi connectivity index (χ0v) is 8.97. The first kappa shape index (κ1) is 9.71. The minimum Gasteiger partial charge on any atom is -0.446 e. The highest BCUT2D eigenvalue weighted by Crippen LogP contribution is 2.17. The summed E-state index contributed by atoms with van der Waals surface area (Å²) >= 11 is 0. The van der Waals surface area contributed by atoms with E-state index in [1.807, 2.05) is 6.92 Å². The zero-order chi connectivity index (χ0) is 9.97. The minimum atomic E-state index is 0.720. The standard InChI is InChI=1S/C11H18N2O/c1-3-10-8(2)14-11(13-10)6-9-4-5-12-7-9/h9,12H,3-7H2,1-2H3. The van der Waals surface area contributed by atoms with Gasteiger partial charge in [-0.3, -0.25) is 0 Å². The van der Waals surface area contributed by atoms with Crippen molar-refractivity contribution in [3.05, 3.63) is 17.3 Å². The molecule has 0 spiro atoms. The monoisotopic (exact) mass is 194 g/mol. The van der Waals surface area contributed by atoms with E-state index >= 15 is 0 Å². The van der Waals surface area contributed by atoms with Crippen molar-refractivity contribution in [3.63, 3.8) is 0 Å². The molecule has 2 heterocycles. The number of nitrogens with zero attached hydrogens (tertiary/aromatic N) is 1. The first-order chi connectivity index (χ1) is 6.79. The highest BCUT2D eigenvalue weighted by atomic mass is 16.4. The van der Waals surface area contributed by atoms with E-state index in [-0.39, 0.29) is 0 Å². The lowest BCUT2D eigenvalue weighted by atomic mass is 10.1. The molecule has 1 aromatic rings. The third-order valence-electron chi connectivity index (χ3n) is 2.90. The third kappa shape index (κ3) is 1.98. The summed E-state index contributed by atoms with van der Waals surface area (Å²) in [5.74, 6) is 2.64. The molecule has 0 saturated carbocycles. The van der Waals surface area contributed by atoms with Crippen LogP contribution in [0.15, 0.2) is 4.42 Å². The molecule has 1 N–H and O–H groups in total. The summed E-state index contributed by atoms with van der Waals surface area (Å²) in [6, 6.07) is 0. The van der Waals surface area contributed by atoms with Crippen LogP contribution in [0.2, 0.25) is 0 Å². The average Bonchev–Trinajstić information content (AvgIpc) is 2.76. The molecule has 1 atom stereocenters. The van der Waals surface area contributed by atoms with Crippen LogP contribution in [0, 0.1) is 12.8 Å². The van der Waals surface area contributed by atoms with Crippen molar-refractivity contribution in [2.24, 2.45) is 5.92 Å². The Morgan fingerprint density at radius 3 is 3.00 bits per heavy atom. The van der Waals surface area contributed by atoms with Crippen LogP contribution in [0.3, 0.4) is 0 Å². The molecular weight excluding hydrogens is 176 g/mol. The third-order valence-corrected chi connectivity index (χ3v) is 2.90. The molecular formula is C11H18N2O. The lowest BCUT2D eigenvalue weighted by Crippen LogP contribution is -2.10. The zero-order valence-electron chi connectivity index (χ0n) is 8.97. The Bertz CT molecular complexity index is 300. The fourth-order valence-electron chi connectivity index (χ4n) is 2.04. The van der Waals surface area contributed by atoms with E-state index in [4.69, 9.17) is 4.42 Å². The fourth-order valence-corrected chi connectivity index (χ4v) is 2.04. The SMILES string of the molecule is CCc1nc(CC2CCNC2)oc1C. The van der Waals surface area contributed by atoms with Crippen LogP contribution in [0.25, 0.3) is 0 Å². The Morgan fingerprint density at radius 1 is 1.57 bits per heavy atom. The van der Waals surface area contributed by atoms with Crippen LogP contribution in [-0.4, -0.2) is 18.1 Å². The lowest BCUT2D eigenvalue weighted by molar-refractivity contribution is 0.428. The Balaban J connectivity index is 2.01. The summed E-state index contributed by atoms with van der Waals surface area (Å²) in [4.78, 5) is 4.50. The molecule has 1 aromatic heterocycles. The van der Waals surface area contributed by atoms with E-state index in [1.54, 1.807) is 0 Å². The molecule has 1 saturated heterocycles. The van der Waals surface area contributed by atoms with Gasteiger partial charge in [0.25, 0.3) is 0 Å². The average molecular weight is 194 g/mol.